The van der Waals surface area contributed by atoms with Crippen LogP contribution in [0.15, 0.2) is 24.3 Å². The van der Waals surface area contributed by atoms with Crippen molar-refractivity contribution in [3.8, 4) is 0 Å². The smallest absolute Gasteiger partial charge is 0.265 e. The molecule has 0 amide bonds. The number of hydrogen-bond acceptors (Lipinski definition) is 3. The lowest BCUT2D eigenvalue weighted by Crippen LogP contribution is -2.45. The van der Waals surface area contributed by atoms with Crippen molar-refractivity contribution in [3.05, 3.63) is 35.4 Å². The molecule has 1 aromatic carbocycles. The third-order valence-electron chi connectivity index (χ3n) is 8.01. The standard InChI is InChI=1S/C20H26O4S/c1-18(2)19(16-8-7-14-5-3-4-6-15(14)11-16)9-10-20(18,17(21)12-19)13-25(22,23)24/h3-6,16H,7-13H2,1-2H3,(H,22,23,24). The first-order chi connectivity index (χ1) is 11.6. The van der Waals surface area contributed by atoms with Crippen LogP contribution in [0.4, 0.5) is 0 Å². The maximum atomic E-state index is 13.0. The first-order valence-corrected chi connectivity index (χ1v) is 10.8. The van der Waals surface area contributed by atoms with Gasteiger partial charge in [0.1, 0.15) is 5.78 Å². The molecule has 25 heavy (non-hydrogen) atoms. The van der Waals surface area contributed by atoms with Crippen LogP contribution < -0.4 is 0 Å². The molecule has 3 unspecified atom stereocenters. The average Bonchev–Trinajstić information content (AvgIpc) is 2.84. The molecule has 0 radical (unpaired) electrons. The van der Waals surface area contributed by atoms with Gasteiger partial charge >= 0.3 is 0 Å². The highest BCUT2D eigenvalue weighted by Gasteiger charge is 2.73. The number of benzene rings is 1. The van der Waals surface area contributed by atoms with Crippen LogP contribution in [0.2, 0.25) is 0 Å². The second-order valence-corrected chi connectivity index (χ2v) is 10.4. The predicted molar refractivity (Wildman–Crippen MR) is 95.9 cm³/mol. The van der Waals surface area contributed by atoms with E-state index in [0.29, 0.717) is 18.8 Å². The van der Waals surface area contributed by atoms with Crippen LogP contribution in [-0.4, -0.2) is 24.5 Å². The first kappa shape index (κ1) is 17.2. The summed E-state index contributed by atoms with van der Waals surface area (Å²) < 4.78 is 32.8. The Balaban J connectivity index is 1.73. The van der Waals surface area contributed by atoms with E-state index < -0.39 is 26.7 Å². The third-order valence-corrected chi connectivity index (χ3v) is 8.86. The fourth-order valence-electron chi connectivity index (χ4n) is 6.46. The van der Waals surface area contributed by atoms with Gasteiger partial charge in [0.05, 0.1) is 11.2 Å². The molecule has 0 aromatic heterocycles. The van der Waals surface area contributed by atoms with Crippen molar-refractivity contribution in [2.75, 3.05) is 5.75 Å². The van der Waals surface area contributed by atoms with Gasteiger partial charge in [0, 0.05) is 6.42 Å². The van der Waals surface area contributed by atoms with E-state index in [0.717, 1.165) is 25.7 Å². The van der Waals surface area contributed by atoms with E-state index in [2.05, 4.69) is 38.1 Å². The van der Waals surface area contributed by atoms with Gasteiger partial charge in [0.15, 0.2) is 0 Å². The first-order valence-electron chi connectivity index (χ1n) is 9.17. The SMILES string of the molecule is CC1(C)C2(CS(=O)(=O)O)CCC1(C1CCc3ccccc3C1)CC2=O. The van der Waals surface area contributed by atoms with Gasteiger partial charge < -0.3 is 0 Å². The van der Waals surface area contributed by atoms with Crippen LogP contribution in [0.5, 0.6) is 0 Å². The van der Waals surface area contributed by atoms with Crippen LogP contribution in [-0.2, 0) is 27.8 Å². The Kier molecular flexibility index (Phi) is 3.56. The molecule has 2 saturated carbocycles. The highest BCUT2D eigenvalue weighted by atomic mass is 32.2. The third kappa shape index (κ3) is 2.21. The summed E-state index contributed by atoms with van der Waals surface area (Å²) in [7, 11) is -4.18. The lowest BCUT2D eigenvalue weighted by molar-refractivity contribution is -0.128. The Labute approximate surface area is 149 Å². The van der Waals surface area contributed by atoms with Crippen molar-refractivity contribution in [2.45, 2.75) is 52.4 Å². The second-order valence-electron chi connectivity index (χ2n) is 8.90. The van der Waals surface area contributed by atoms with Gasteiger partial charge in [-0.1, -0.05) is 38.1 Å². The summed E-state index contributed by atoms with van der Waals surface area (Å²) in [5.41, 5.74) is 1.29. The second kappa shape index (κ2) is 5.17. The zero-order valence-corrected chi connectivity index (χ0v) is 15.7. The highest BCUT2D eigenvalue weighted by Crippen LogP contribution is 2.74. The van der Waals surface area contributed by atoms with Crippen molar-refractivity contribution in [2.24, 2.45) is 22.2 Å². The van der Waals surface area contributed by atoms with Gasteiger partial charge in [-0.15, -0.1) is 0 Å². The Morgan fingerprint density at radius 3 is 2.48 bits per heavy atom. The maximum Gasteiger partial charge on any atom is 0.265 e. The van der Waals surface area contributed by atoms with E-state index in [9.17, 15) is 17.8 Å². The molecular weight excluding hydrogens is 336 g/mol. The number of rotatable bonds is 3. The maximum absolute atomic E-state index is 13.0. The van der Waals surface area contributed by atoms with Crippen molar-refractivity contribution in [1.29, 1.82) is 0 Å². The Morgan fingerprint density at radius 1 is 1.16 bits per heavy atom. The fraction of sp³-hybridized carbons (Fsp3) is 0.650. The molecule has 4 rings (SSSR count). The van der Waals surface area contributed by atoms with Gasteiger partial charge in [-0.25, -0.2) is 0 Å². The minimum Gasteiger partial charge on any atom is -0.299 e. The molecule has 4 nitrogen and oxygen atoms in total. The zero-order chi connectivity index (χ0) is 18.1. The van der Waals surface area contributed by atoms with E-state index in [1.807, 2.05) is 0 Å². The fourth-order valence-corrected chi connectivity index (χ4v) is 7.75. The quantitative estimate of drug-likeness (QED) is 0.836. The minimum absolute atomic E-state index is 0.0419. The lowest BCUT2D eigenvalue weighted by Gasteiger charge is -2.47. The Hall–Kier alpha value is -1.20. The van der Waals surface area contributed by atoms with Crippen molar-refractivity contribution in [3.63, 3.8) is 0 Å². The van der Waals surface area contributed by atoms with E-state index >= 15 is 0 Å². The lowest BCUT2D eigenvalue weighted by atomic mass is 9.56. The molecule has 0 aliphatic heterocycles. The molecule has 1 N–H and O–H groups in total. The predicted octanol–water partition coefficient (Wildman–Crippen LogP) is 3.44. The summed E-state index contributed by atoms with van der Waals surface area (Å²) in [4.78, 5) is 13.0. The van der Waals surface area contributed by atoms with Crippen molar-refractivity contribution < 1.29 is 17.8 Å². The molecule has 2 bridgehead atoms. The number of ketones is 1. The number of Topliss-reactive ketones (excluding diaryl/α,β-unsaturated/α-hetero) is 1. The van der Waals surface area contributed by atoms with Crippen molar-refractivity contribution >= 4 is 15.9 Å². The van der Waals surface area contributed by atoms with Crippen LogP contribution in [0.25, 0.3) is 0 Å². The van der Waals surface area contributed by atoms with Gasteiger partial charge in [0.2, 0.25) is 0 Å². The van der Waals surface area contributed by atoms with Crippen LogP contribution in [0.3, 0.4) is 0 Å². The number of hydrogen-bond donors (Lipinski definition) is 1. The van der Waals surface area contributed by atoms with E-state index in [1.165, 1.54) is 11.1 Å². The average molecular weight is 362 g/mol. The number of fused-ring (bicyclic) bond motifs is 3. The normalized spacial score (nSPS) is 36.4. The van der Waals surface area contributed by atoms with Crippen LogP contribution >= 0.6 is 0 Å². The largest absolute Gasteiger partial charge is 0.299 e. The molecule has 2 fully saturated rings. The molecule has 0 heterocycles. The monoisotopic (exact) mass is 362 g/mol. The van der Waals surface area contributed by atoms with Gasteiger partial charge in [0.25, 0.3) is 10.1 Å². The molecular formula is C20H26O4S. The summed E-state index contributed by atoms with van der Waals surface area (Å²) in [6.07, 6.45) is 4.97. The molecule has 3 aliphatic carbocycles. The summed E-state index contributed by atoms with van der Waals surface area (Å²) in [6, 6.07) is 8.52. The van der Waals surface area contributed by atoms with E-state index in [-0.39, 0.29) is 11.2 Å². The molecule has 0 spiro atoms. The molecule has 136 valence electrons. The summed E-state index contributed by atoms with van der Waals surface area (Å²) in [5.74, 6) is 0.0176. The van der Waals surface area contributed by atoms with Crippen LogP contribution in [0.1, 0.15) is 50.7 Å². The molecule has 3 atom stereocenters. The topological polar surface area (TPSA) is 71.4 Å². The molecule has 0 saturated heterocycles. The summed E-state index contributed by atoms with van der Waals surface area (Å²) >= 11 is 0. The van der Waals surface area contributed by atoms with Crippen molar-refractivity contribution in [1.82, 2.24) is 0 Å². The summed E-state index contributed by atoms with van der Waals surface area (Å²) in [6.45, 7) is 4.13. The Morgan fingerprint density at radius 2 is 1.84 bits per heavy atom. The summed E-state index contributed by atoms with van der Waals surface area (Å²) in [5, 5.41) is 0. The molecule has 1 aromatic rings. The molecule has 3 aliphatic rings. The van der Waals surface area contributed by atoms with E-state index in [1.54, 1.807) is 0 Å². The van der Waals surface area contributed by atoms with Gasteiger partial charge in [-0.3, -0.25) is 9.35 Å². The number of carbonyl (C=O) groups excluding carboxylic acids is 1. The molecule has 5 heteroatoms. The number of carbonyl (C=O) groups is 1. The van der Waals surface area contributed by atoms with Gasteiger partial charge in [-0.2, -0.15) is 8.42 Å². The minimum atomic E-state index is -4.18. The van der Waals surface area contributed by atoms with Gasteiger partial charge in [-0.05, 0) is 60.0 Å². The van der Waals surface area contributed by atoms with Crippen LogP contribution in [0, 0.1) is 22.2 Å². The van der Waals surface area contributed by atoms with E-state index in [4.69, 9.17) is 0 Å². The highest BCUT2D eigenvalue weighted by molar-refractivity contribution is 7.85. The number of aryl methyl sites for hydroxylation is 1. The zero-order valence-electron chi connectivity index (χ0n) is 14.9. The Bertz CT molecular complexity index is 841.